The van der Waals surface area contributed by atoms with Crippen molar-refractivity contribution in [1.82, 2.24) is 0 Å². The van der Waals surface area contributed by atoms with E-state index in [1.165, 1.54) is 0 Å². The van der Waals surface area contributed by atoms with Crippen molar-refractivity contribution in [3.8, 4) is 11.5 Å². The van der Waals surface area contributed by atoms with Crippen molar-refractivity contribution in [2.45, 2.75) is 13.1 Å². The second-order valence-electron chi connectivity index (χ2n) is 4.12. The van der Waals surface area contributed by atoms with Gasteiger partial charge in [0.2, 0.25) is 0 Å². The fraction of sp³-hybridized carbons (Fsp3) is 0.125. The molecule has 0 aliphatic heterocycles. The van der Waals surface area contributed by atoms with Crippen LogP contribution in [0.15, 0.2) is 58.5 Å². The fourth-order valence-corrected chi connectivity index (χ4v) is 2.01. The van der Waals surface area contributed by atoms with Crippen molar-refractivity contribution in [3.63, 3.8) is 0 Å². The highest BCUT2D eigenvalue weighted by Gasteiger charge is 2.09. The molecular weight excluding hydrogens is 300 g/mol. The van der Waals surface area contributed by atoms with Crippen LogP contribution in [-0.4, -0.2) is 10.3 Å². The van der Waals surface area contributed by atoms with Crippen molar-refractivity contribution in [2.24, 2.45) is 9.98 Å². The lowest BCUT2D eigenvalue weighted by atomic mass is 10.1. The van der Waals surface area contributed by atoms with Gasteiger partial charge in [-0.05, 0) is 48.2 Å². The van der Waals surface area contributed by atoms with Crippen LogP contribution in [-0.2, 0) is 13.1 Å². The van der Waals surface area contributed by atoms with Gasteiger partial charge >= 0.3 is 0 Å². The first-order chi connectivity index (χ1) is 10.3. The van der Waals surface area contributed by atoms with Crippen molar-refractivity contribution in [2.75, 3.05) is 0 Å². The number of ether oxygens (including phenoxy) is 1. The Morgan fingerprint density at radius 2 is 1.57 bits per heavy atom. The molecule has 5 heteroatoms. The molecule has 0 spiro atoms. The zero-order valence-electron chi connectivity index (χ0n) is 11.2. The summed E-state index contributed by atoms with van der Waals surface area (Å²) in [6, 6.07) is 15.3. The Morgan fingerprint density at radius 1 is 0.857 bits per heavy atom. The van der Waals surface area contributed by atoms with Gasteiger partial charge in [0.25, 0.3) is 0 Å². The topological polar surface area (TPSA) is 34.0 Å². The summed E-state index contributed by atoms with van der Waals surface area (Å²) in [5.41, 5.74) is 1.91. The molecule has 0 radical (unpaired) electrons. The summed E-state index contributed by atoms with van der Waals surface area (Å²) in [4.78, 5) is 7.99. The second kappa shape index (κ2) is 8.20. The van der Waals surface area contributed by atoms with E-state index < -0.39 is 0 Å². The van der Waals surface area contributed by atoms with Crippen LogP contribution in [0.1, 0.15) is 11.1 Å². The fourth-order valence-electron chi connectivity index (χ4n) is 1.88. The van der Waals surface area contributed by atoms with E-state index in [0.717, 1.165) is 22.6 Å². The standard InChI is InChI=1S/C16H12N2OS2/c20-11-17-9-13-5-4-8-16(15(13)10-18-12-21)19-14-6-2-1-3-7-14/h1-8H,9-10H2. The van der Waals surface area contributed by atoms with Crippen LogP contribution in [0.4, 0.5) is 0 Å². The summed E-state index contributed by atoms with van der Waals surface area (Å²) in [6.45, 7) is 0.840. The number of isothiocyanates is 2. The highest BCUT2D eigenvalue weighted by molar-refractivity contribution is 7.78. The first-order valence-electron chi connectivity index (χ1n) is 6.26. The lowest BCUT2D eigenvalue weighted by Gasteiger charge is -2.12. The summed E-state index contributed by atoms with van der Waals surface area (Å²) in [5, 5.41) is 4.75. The molecule has 0 aliphatic carbocycles. The van der Waals surface area contributed by atoms with Gasteiger partial charge in [0.05, 0.1) is 23.4 Å². The Kier molecular flexibility index (Phi) is 5.95. The van der Waals surface area contributed by atoms with Gasteiger partial charge in [0.15, 0.2) is 0 Å². The molecule has 0 N–H and O–H groups in total. The monoisotopic (exact) mass is 312 g/mol. The highest BCUT2D eigenvalue weighted by Crippen LogP contribution is 2.28. The van der Waals surface area contributed by atoms with Crippen LogP contribution in [0.25, 0.3) is 0 Å². The van der Waals surface area contributed by atoms with Crippen LogP contribution in [0.3, 0.4) is 0 Å². The smallest absolute Gasteiger partial charge is 0.132 e. The average molecular weight is 312 g/mol. The first-order valence-corrected chi connectivity index (χ1v) is 7.07. The molecule has 0 atom stereocenters. The molecule has 0 heterocycles. The molecule has 0 aromatic heterocycles. The lowest BCUT2D eigenvalue weighted by Crippen LogP contribution is -1.97. The Morgan fingerprint density at radius 3 is 2.29 bits per heavy atom. The minimum Gasteiger partial charge on any atom is -0.457 e. The quantitative estimate of drug-likeness (QED) is 0.573. The number of benzene rings is 2. The Labute approximate surface area is 134 Å². The van der Waals surface area contributed by atoms with Gasteiger partial charge in [-0.15, -0.1) is 0 Å². The lowest BCUT2D eigenvalue weighted by molar-refractivity contribution is 0.475. The third kappa shape index (κ3) is 4.42. The van der Waals surface area contributed by atoms with E-state index in [4.69, 9.17) is 4.74 Å². The molecule has 21 heavy (non-hydrogen) atoms. The van der Waals surface area contributed by atoms with Gasteiger partial charge in [0.1, 0.15) is 11.5 Å². The molecule has 104 valence electrons. The van der Waals surface area contributed by atoms with Crippen molar-refractivity contribution in [1.29, 1.82) is 0 Å². The van der Waals surface area contributed by atoms with Crippen molar-refractivity contribution >= 4 is 34.8 Å². The average Bonchev–Trinajstić information content (AvgIpc) is 2.53. The third-order valence-electron chi connectivity index (χ3n) is 2.82. The van der Waals surface area contributed by atoms with Gasteiger partial charge < -0.3 is 4.74 Å². The van der Waals surface area contributed by atoms with Crippen LogP contribution >= 0.6 is 24.4 Å². The number of aliphatic imine (C=N–C) groups is 2. The number of nitrogens with zero attached hydrogens (tertiary/aromatic N) is 2. The van der Waals surface area contributed by atoms with E-state index in [0.29, 0.717) is 13.1 Å². The van der Waals surface area contributed by atoms with E-state index in [9.17, 15) is 0 Å². The van der Waals surface area contributed by atoms with Crippen LogP contribution < -0.4 is 4.74 Å². The molecule has 0 amide bonds. The molecule has 0 bridgehead atoms. The van der Waals surface area contributed by atoms with E-state index in [1.807, 2.05) is 48.5 Å². The number of para-hydroxylation sites is 1. The Hall–Kier alpha value is -2.16. The Balaban J connectivity index is 2.38. The third-order valence-corrected chi connectivity index (χ3v) is 3.07. The van der Waals surface area contributed by atoms with E-state index in [2.05, 4.69) is 44.7 Å². The molecule has 0 aliphatic rings. The molecule has 0 saturated heterocycles. The predicted molar refractivity (Wildman–Crippen MR) is 90.4 cm³/mol. The zero-order chi connectivity index (χ0) is 14.9. The van der Waals surface area contributed by atoms with Crippen LogP contribution in [0, 0.1) is 0 Å². The zero-order valence-corrected chi connectivity index (χ0v) is 12.8. The molecule has 3 nitrogen and oxygen atoms in total. The SMILES string of the molecule is S=C=NCc1cccc(Oc2ccccc2)c1CN=C=S. The number of hydrogen-bond donors (Lipinski definition) is 0. The van der Waals surface area contributed by atoms with Gasteiger partial charge in [0, 0.05) is 5.56 Å². The maximum atomic E-state index is 5.92. The predicted octanol–water partition coefficient (Wildman–Crippen LogP) is 4.68. The summed E-state index contributed by atoms with van der Waals surface area (Å²) >= 11 is 9.26. The van der Waals surface area contributed by atoms with E-state index >= 15 is 0 Å². The summed E-state index contributed by atoms with van der Waals surface area (Å²) < 4.78 is 5.92. The maximum Gasteiger partial charge on any atom is 0.132 e. The minimum atomic E-state index is 0.398. The van der Waals surface area contributed by atoms with Gasteiger partial charge in [-0.25, -0.2) is 9.98 Å². The van der Waals surface area contributed by atoms with Gasteiger partial charge in [-0.2, -0.15) is 0 Å². The number of hydrogen-bond acceptors (Lipinski definition) is 5. The molecule has 0 saturated carbocycles. The number of rotatable bonds is 6. The highest BCUT2D eigenvalue weighted by atomic mass is 32.1. The first kappa shape index (κ1) is 15.2. The molecule has 2 aromatic carbocycles. The van der Waals surface area contributed by atoms with E-state index in [1.54, 1.807) is 0 Å². The summed E-state index contributed by atoms with van der Waals surface area (Å²) in [5.74, 6) is 1.49. The summed E-state index contributed by atoms with van der Waals surface area (Å²) in [7, 11) is 0. The molecule has 2 aromatic rings. The second-order valence-corrected chi connectivity index (χ2v) is 4.49. The van der Waals surface area contributed by atoms with Crippen molar-refractivity contribution in [3.05, 3.63) is 59.7 Å². The van der Waals surface area contributed by atoms with Gasteiger partial charge in [-0.3, -0.25) is 0 Å². The number of thiocarbonyl (C=S) groups is 2. The van der Waals surface area contributed by atoms with Crippen molar-refractivity contribution < 1.29 is 4.74 Å². The molecule has 2 rings (SSSR count). The summed E-state index contributed by atoms with van der Waals surface area (Å²) in [6.07, 6.45) is 0. The van der Waals surface area contributed by atoms with Crippen LogP contribution in [0.2, 0.25) is 0 Å². The van der Waals surface area contributed by atoms with E-state index in [-0.39, 0.29) is 0 Å². The normalized spacial score (nSPS) is 9.33. The molecular formula is C16H12N2OS2. The maximum absolute atomic E-state index is 5.92. The largest absolute Gasteiger partial charge is 0.457 e. The Bertz CT molecular complexity index is 703. The molecule has 0 unspecified atom stereocenters. The van der Waals surface area contributed by atoms with Gasteiger partial charge in [-0.1, -0.05) is 30.3 Å². The molecule has 0 fully saturated rings. The minimum absolute atomic E-state index is 0.398. The van der Waals surface area contributed by atoms with Crippen LogP contribution in [0.5, 0.6) is 11.5 Å².